The minimum absolute atomic E-state index is 0.0228. The van der Waals surface area contributed by atoms with Crippen LogP contribution in [0.2, 0.25) is 0 Å². The van der Waals surface area contributed by atoms with Gasteiger partial charge >= 0.3 is 0 Å². The van der Waals surface area contributed by atoms with Gasteiger partial charge < -0.3 is 10.2 Å². The smallest absolute Gasteiger partial charge is 0.119 e. The molecule has 0 radical (unpaired) electrons. The fraction of sp³-hybridized carbons (Fsp3) is 0.0476. The maximum atomic E-state index is 10.4. The van der Waals surface area contributed by atoms with Crippen molar-refractivity contribution < 1.29 is 10.2 Å². The van der Waals surface area contributed by atoms with Crippen LogP contribution in [0.4, 0.5) is 0 Å². The summed E-state index contributed by atoms with van der Waals surface area (Å²) in [5.41, 5.74) is 2.64. The van der Waals surface area contributed by atoms with E-state index in [0.29, 0.717) is 22.3 Å². The van der Waals surface area contributed by atoms with Crippen molar-refractivity contribution in [2.24, 2.45) is 0 Å². The van der Waals surface area contributed by atoms with Crippen molar-refractivity contribution in [2.75, 3.05) is 0 Å². The number of hydrogen-bond donors (Lipinski definition) is 2. The molecule has 3 aromatic rings. The summed E-state index contributed by atoms with van der Waals surface area (Å²) in [6, 6.07) is 22.7. The van der Waals surface area contributed by atoms with Gasteiger partial charge in [0.05, 0.1) is 23.3 Å². The Morgan fingerprint density at radius 3 is 1.60 bits per heavy atom. The van der Waals surface area contributed by atoms with Crippen molar-refractivity contribution in [1.29, 1.82) is 10.5 Å². The normalized spacial score (nSPS) is 10.2. The van der Waals surface area contributed by atoms with Gasteiger partial charge in [0.1, 0.15) is 11.5 Å². The summed E-state index contributed by atoms with van der Waals surface area (Å²) in [6.07, 6.45) is 0. The lowest BCUT2D eigenvalue weighted by molar-refractivity contribution is 0.458. The first-order chi connectivity index (χ1) is 12.1. The molecule has 0 aromatic heterocycles. The molecule has 3 aromatic carbocycles. The van der Waals surface area contributed by atoms with Gasteiger partial charge in [0.2, 0.25) is 0 Å². The third-order valence-corrected chi connectivity index (χ3v) is 4.07. The predicted octanol–water partition coefficient (Wildman–Crippen LogP) is 4.02. The van der Waals surface area contributed by atoms with Gasteiger partial charge in [-0.1, -0.05) is 30.3 Å². The minimum Gasteiger partial charge on any atom is -0.508 e. The van der Waals surface area contributed by atoms with Crippen LogP contribution in [0.3, 0.4) is 0 Å². The van der Waals surface area contributed by atoms with E-state index in [0.717, 1.165) is 5.56 Å². The summed E-state index contributed by atoms with van der Waals surface area (Å²) in [5, 5.41) is 39.1. The van der Waals surface area contributed by atoms with Gasteiger partial charge in [-0.15, -0.1) is 0 Å². The van der Waals surface area contributed by atoms with Crippen molar-refractivity contribution >= 4 is 0 Å². The maximum Gasteiger partial charge on any atom is 0.119 e. The zero-order valence-corrected chi connectivity index (χ0v) is 13.2. The molecule has 0 saturated heterocycles. The Balaban J connectivity index is 2.30. The zero-order chi connectivity index (χ0) is 17.8. The van der Waals surface area contributed by atoms with E-state index < -0.39 is 5.92 Å². The zero-order valence-electron chi connectivity index (χ0n) is 13.2. The molecular formula is C21H14N2O2. The minimum atomic E-state index is -0.511. The lowest BCUT2D eigenvalue weighted by Gasteiger charge is -2.21. The summed E-state index contributed by atoms with van der Waals surface area (Å²) < 4.78 is 0. The lowest BCUT2D eigenvalue weighted by atomic mass is 9.83. The van der Waals surface area contributed by atoms with E-state index in [-0.39, 0.29) is 11.5 Å². The molecule has 2 N–H and O–H groups in total. The number of hydrogen-bond acceptors (Lipinski definition) is 4. The van der Waals surface area contributed by atoms with Gasteiger partial charge in [-0.05, 0) is 42.0 Å². The molecule has 120 valence electrons. The van der Waals surface area contributed by atoms with E-state index in [1.54, 1.807) is 12.1 Å². The van der Waals surface area contributed by atoms with Crippen LogP contribution < -0.4 is 0 Å². The van der Waals surface area contributed by atoms with Crippen LogP contribution in [-0.2, 0) is 0 Å². The van der Waals surface area contributed by atoms with Gasteiger partial charge in [0.15, 0.2) is 0 Å². The number of phenols is 2. The second-order valence-electron chi connectivity index (χ2n) is 5.61. The molecule has 0 fully saturated rings. The van der Waals surface area contributed by atoms with E-state index in [2.05, 4.69) is 12.1 Å². The van der Waals surface area contributed by atoms with E-state index >= 15 is 0 Å². The summed E-state index contributed by atoms with van der Waals surface area (Å²) >= 11 is 0. The third-order valence-electron chi connectivity index (χ3n) is 4.07. The molecule has 0 spiro atoms. The molecule has 3 rings (SSSR count). The van der Waals surface area contributed by atoms with Gasteiger partial charge in [0, 0.05) is 17.0 Å². The van der Waals surface area contributed by atoms with Crippen LogP contribution in [0.25, 0.3) is 0 Å². The first-order valence-electron chi connectivity index (χ1n) is 7.65. The molecule has 25 heavy (non-hydrogen) atoms. The molecule has 0 heterocycles. The summed E-state index contributed by atoms with van der Waals surface area (Å²) in [4.78, 5) is 0. The predicted molar refractivity (Wildman–Crippen MR) is 93.0 cm³/mol. The van der Waals surface area contributed by atoms with E-state index in [1.165, 1.54) is 24.3 Å². The fourth-order valence-electron chi connectivity index (χ4n) is 2.88. The molecule has 0 aliphatic heterocycles. The third kappa shape index (κ3) is 3.15. The maximum absolute atomic E-state index is 10.4. The molecule has 0 amide bonds. The summed E-state index contributed by atoms with van der Waals surface area (Å²) in [5.74, 6) is -0.466. The molecule has 0 aliphatic rings. The van der Waals surface area contributed by atoms with E-state index in [9.17, 15) is 20.7 Å². The molecule has 0 aliphatic carbocycles. The summed E-state index contributed by atoms with van der Waals surface area (Å²) in [7, 11) is 0. The Labute approximate surface area is 145 Å². The number of phenolic OH excluding ortho intramolecular Hbond substituents is 2. The SMILES string of the molecule is N#Cc1ccc(O)c(C(c2ccccc2)c2cc(C#N)ccc2O)c1. The molecule has 0 unspecified atom stereocenters. The Morgan fingerprint density at radius 2 is 1.16 bits per heavy atom. The second kappa shape index (κ2) is 6.78. The molecule has 0 atom stereocenters. The number of rotatable bonds is 3. The molecule has 0 saturated carbocycles. The van der Waals surface area contributed by atoms with E-state index in [4.69, 9.17) is 0 Å². The topological polar surface area (TPSA) is 88.0 Å². The number of aromatic hydroxyl groups is 2. The number of benzene rings is 3. The van der Waals surface area contributed by atoms with Crippen LogP contribution in [-0.4, -0.2) is 10.2 Å². The Hall–Kier alpha value is -3.76. The highest BCUT2D eigenvalue weighted by Gasteiger charge is 2.23. The highest BCUT2D eigenvalue weighted by atomic mass is 16.3. The first kappa shape index (κ1) is 16.1. The lowest BCUT2D eigenvalue weighted by Crippen LogP contribution is -2.05. The van der Waals surface area contributed by atoms with Crippen LogP contribution in [0, 0.1) is 22.7 Å². The molecular weight excluding hydrogens is 312 g/mol. The molecule has 0 bridgehead atoms. The van der Waals surface area contributed by atoms with Gasteiger partial charge in [-0.2, -0.15) is 10.5 Å². The second-order valence-corrected chi connectivity index (χ2v) is 5.61. The average molecular weight is 326 g/mol. The number of nitrogens with zero attached hydrogens (tertiary/aromatic N) is 2. The monoisotopic (exact) mass is 326 g/mol. The van der Waals surface area contributed by atoms with Crippen molar-refractivity contribution in [3.05, 3.63) is 94.5 Å². The highest BCUT2D eigenvalue weighted by molar-refractivity contribution is 5.56. The quantitative estimate of drug-likeness (QED) is 0.711. The highest BCUT2D eigenvalue weighted by Crippen LogP contribution is 2.40. The standard InChI is InChI=1S/C21H14N2O2/c22-12-14-6-8-19(24)17(10-14)21(16-4-2-1-3-5-16)18-11-15(13-23)7-9-20(18)25/h1-11,21,24-25H. The van der Waals surface area contributed by atoms with Crippen molar-refractivity contribution in [3.8, 4) is 23.6 Å². The Kier molecular flexibility index (Phi) is 4.37. The van der Waals surface area contributed by atoms with Gasteiger partial charge in [0.25, 0.3) is 0 Å². The van der Waals surface area contributed by atoms with Gasteiger partial charge in [-0.3, -0.25) is 0 Å². The Morgan fingerprint density at radius 1 is 0.680 bits per heavy atom. The average Bonchev–Trinajstić information content (AvgIpc) is 2.66. The number of nitriles is 2. The Bertz CT molecular complexity index is 935. The van der Waals surface area contributed by atoms with Crippen molar-refractivity contribution in [3.63, 3.8) is 0 Å². The first-order valence-corrected chi connectivity index (χ1v) is 7.65. The summed E-state index contributed by atoms with van der Waals surface area (Å²) in [6.45, 7) is 0. The van der Waals surface area contributed by atoms with Crippen LogP contribution in [0.5, 0.6) is 11.5 Å². The van der Waals surface area contributed by atoms with Gasteiger partial charge in [-0.25, -0.2) is 0 Å². The van der Waals surface area contributed by atoms with Crippen LogP contribution in [0.15, 0.2) is 66.7 Å². The molecule has 4 nitrogen and oxygen atoms in total. The van der Waals surface area contributed by atoms with Crippen LogP contribution >= 0.6 is 0 Å². The molecule has 4 heteroatoms. The largest absolute Gasteiger partial charge is 0.508 e. The van der Waals surface area contributed by atoms with Crippen LogP contribution in [0.1, 0.15) is 33.7 Å². The van der Waals surface area contributed by atoms with Crippen molar-refractivity contribution in [1.82, 2.24) is 0 Å². The van der Waals surface area contributed by atoms with Crippen molar-refractivity contribution in [2.45, 2.75) is 5.92 Å². The fourth-order valence-corrected chi connectivity index (χ4v) is 2.88. The van der Waals surface area contributed by atoms with E-state index in [1.807, 2.05) is 30.3 Å².